The molecule has 1 saturated heterocycles. The lowest BCUT2D eigenvalue weighted by molar-refractivity contribution is 0.427. The number of hydrogen-bond acceptors (Lipinski definition) is 6. The van der Waals surface area contributed by atoms with Crippen molar-refractivity contribution in [3.05, 3.63) is 76.6 Å². The minimum absolute atomic E-state index is 0.131. The fraction of sp³-hybridized carbons (Fsp3) is 0.333. The molecule has 0 atom stereocenters. The van der Waals surface area contributed by atoms with Crippen LogP contribution in [0.25, 0.3) is 28.0 Å². The van der Waals surface area contributed by atoms with Gasteiger partial charge in [0.1, 0.15) is 11.5 Å². The molecule has 1 aliphatic rings. The average molecular weight is 573 g/mol. The molecular formula is C27H30ClFN6O3S. The smallest absolute Gasteiger partial charge is 0.339 e. The Kier molecular flexibility index (Phi) is 8.43. The quantitative estimate of drug-likeness (QED) is 0.171. The second kappa shape index (κ2) is 12.0. The summed E-state index contributed by atoms with van der Waals surface area (Å²) in [6.07, 6.45) is 3.90. The molecule has 3 heterocycles. The monoisotopic (exact) mass is 572 g/mol. The first-order valence-corrected chi connectivity index (χ1v) is 14.9. The number of rotatable bonds is 10. The minimum atomic E-state index is -3.85. The molecule has 5 rings (SSSR count). The Hall–Kier alpha value is -3.09. The number of nitrogens with zero attached hydrogens (tertiary/aromatic N) is 2. The van der Waals surface area contributed by atoms with E-state index in [1.54, 1.807) is 12.3 Å². The number of nitrogens with one attached hydrogen (secondary N) is 4. The van der Waals surface area contributed by atoms with Crippen LogP contribution in [0.4, 0.5) is 4.39 Å². The Labute approximate surface area is 230 Å². The summed E-state index contributed by atoms with van der Waals surface area (Å²) in [5.74, 6) is -0.0820. The van der Waals surface area contributed by atoms with Crippen LogP contribution < -0.4 is 21.0 Å². The van der Waals surface area contributed by atoms with Gasteiger partial charge in [0.2, 0.25) is 10.0 Å². The Morgan fingerprint density at radius 2 is 1.87 bits per heavy atom. The standard InChI is InChI=1S/C27H30ClFN6O3S/c28-10-1-11-31-16-18-2-4-21(5-3-18)35-17-19-14-25(32-26(19)33-27(35)36)23-7-6-22(15-24(23)29)39(37,38)34-20-8-12-30-13-9-20/h2-7,14-15,17,20,30-31,34H,1,8-13,16H2,(H,32,33,36). The van der Waals surface area contributed by atoms with Crippen molar-refractivity contribution in [2.75, 3.05) is 25.5 Å². The molecule has 0 saturated carbocycles. The zero-order chi connectivity index (χ0) is 27.4. The van der Waals surface area contributed by atoms with Gasteiger partial charge in [-0.05, 0) is 80.9 Å². The van der Waals surface area contributed by atoms with Gasteiger partial charge in [-0.3, -0.25) is 4.57 Å². The molecule has 39 heavy (non-hydrogen) atoms. The summed E-state index contributed by atoms with van der Waals surface area (Å²) < 4.78 is 44.8. The van der Waals surface area contributed by atoms with Crippen LogP contribution in [-0.4, -0.2) is 54.5 Å². The van der Waals surface area contributed by atoms with Crippen LogP contribution in [0, 0.1) is 5.82 Å². The van der Waals surface area contributed by atoms with E-state index in [0.29, 0.717) is 47.7 Å². The fourth-order valence-corrected chi connectivity index (χ4v) is 6.08. The first-order chi connectivity index (χ1) is 18.8. The van der Waals surface area contributed by atoms with Crippen LogP contribution in [0.1, 0.15) is 24.8 Å². The number of halogens is 2. The van der Waals surface area contributed by atoms with E-state index in [0.717, 1.165) is 37.7 Å². The number of H-pyrrole nitrogens is 1. The van der Waals surface area contributed by atoms with Gasteiger partial charge in [-0.25, -0.2) is 22.3 Å². The van der Waals surface area contributed by atoms with Crippen molar-refractivity contribution in [3.8, 4) is 16.9 Å². The van der Waals surface area contributed by atoms with Crippen molar-refractivity contribution in [3.63, 3.8) is 0 Å². The zero-order valence-corrected chi connectivity index (χ0v) is 22.8. The lowest BCUT2D eigenvalue weighted by atomic mass is 10.1. The summed E-state index contributed by atoms with van der Waals surface area (Å²) in [4.78, 5) is 19.7. The van der Waals surface area contributed by atoms with Crippen molar-refractivity contribution in [2.45, 2.75) is 36.7 Å². The lowest BCUT2D eigenvalue weighted by Crippen LogP contribution is -2.42. The highest BCUT2D eigenvalue weighted by Crippen LogP contribution is 2.27. The predicted molar refractivity (Wildman–Crippen MR) is 150 cm³/mol. The maximum Gasteiger partial charge on any atom is 0.354 e. The molecule has 1 fully saturated rings. The van der Waals surface area contributed by atoms with E-state index in [2.05, 4.69) is 25.3 Å². The average Bonchev–Trinajstić information content (AvgIpc) is 3.34. The van der Waals surface area contributed by atoms with Gasteiger partial charge in [-0.2, -0.15) is 4.98 Å². The number of aromatic nitrogens is 3. The third-order valence-electron chi connectivity index (χ3n) is 6.74. The van der Waals surface area contributed by atoms with Gasteiger partial charge >= 0.3 is 5.69 Å². The maximum atomic E-state index is 15.1. The molecule has 0 unspecified atom stereocenters. The van der Waals surface area contributed by atoms with Crippen LogP contribution in [0.5, 0.6) is 0 Å². The first kappa shape index (κ1) is 27.5. The molecule has 12 heteroatoms. The van der Waals surface area contributed by atoms with E-state index in [9.17, 15) is 13.2 Å². The minimum Gasteiger partial charge on any atom is -0.339 e. The van der Waals surface area contributed by atoms with Crippen molar-refractivity contribution >= 4 is 32.7 Å². The molecule has 0 bridgehead atoms. The summed E-state index contributed by atoms with van der Waals surface area (Å²) in [6.45, 7) is 3.00. The molecule has 2 aromatic carbocycles. The Bertz CT molecular complexity index is 1620. The van der Waals surface area contributed by atoms with E-state index >= 15 is 4.39 Å². The molecule has 4 aromatic rings. The van der Waals surface area contributed by atoms with Gasteiger partial charge in [-0.15, -0.1) is 11.6 Å². The summed E-state index contributed by atoms with van der Waals surface area (Å²) in [5, 5.41) is 7.11. The van der Waals surface area contributed by atoms with Gasteiger partial charge in [0.15, 0.2) is 0 Å². The van der Waals surface area contributed by atoms with E-state index in [4.69, 9.17) is 11.6 Å². The number of fused-ring (bicyclic) bond motifs is 1. The molecule has 1 aliphatic heterocycles. The topological polar surface area (TPSA) is 121 Å². The third-order valence-corrected chi connectivity index (χ3v) is 8.53. The van der Waals surface area contributed by atoms with Crippen molar-refractivity contribution in [2.24, 2.45) is 0 Å². The summed E-state index contributed by atoms with van der Waals surface area (Å²) in [5.41, 5.74) is 2.14. The van der Waals surface area contributed by atoms with Gasteiger partial charge in [0.05, 0.1) is 16.3 Å². The Balaban J connectivity index is 1.36. The number of benzene rings is 2. The van der Waals surface area contributed by atoms with Gasteiger partial charge in [0, 0.05) is 35.6 Å². The number of aromatic amines is 1. The molecule has 0 radical (unpaired) electrons. The largest absolute Gasteiger partial charge is 0.354 e. The lowest BCUT2D eigenvalue weighted by Gasteiger charge is -2.23. The molecular weight excluding hydrogens is 543 g/mol. The molecule has 0 aliphatic carbocycles. The van der Waals surface area contributed by atoms with E-state index in [1.807, 2.05) is 24.3 Å². The summed E-state index contributed by atoms with van der Waals surface area (Å²) in [6, 6.07) is 12.9. The zero-order valence-electron chi connectivity index (χ0n) is 21.2. The number of piperidine rings is 1. The number of sulfonamides is 1. The number of hydrogen-bond donors (Lipinski definition) is 4. The Morgan fingerprint density at radius 1 is 1.10 bits per heavy atom. The second-order valence-corrected chi connectivity index (χ2v) is 11.6. The molecule has 0 amide bonds. The van der Waals surface area contributed by atoms with Crippen molar-refractivity contribution in [1.82, 2.24) is 29.9 Å². The third kappa shape index (κ3) is 6.39. The summed E-state index contributed by atoms with van der Waals surface area (Å²) >= 11 is 5.70. The van der Waals surface area contributed by atoms with Crippen LogP contribution in [-0.2, 0) is 16.6 Å². The van der Waals surface area contributed by atoms with Crippen LogP contribution in [0.15, 0.2) is 64.4 Å². The van der Waals surface area contributed by atoms with Gasteiger partial charge in [0.25, 0.3) is 0 Å². The number of alkyl halides is 1. The predicted octanol–water partition coefficient (Wildman–Crippen LogP) is 3.27. The molecule has 2 aromatic heterocycles. The Morgan fingerprint density at radius 3 is 2.59 bits per heavy atom. The van der Waals surface area contributed by atoms with Crippen LogP contribution >= 0.6 is 11.6 Å². The van der Waals surface area contributed by atoms with Crippen LogP contribution in [0.2, 0.25) is 0 Å². The van der Waals surface area contributed by atoms with Crippen molar-refractivity contribution in [1.29, 1.82) is 0 Å². The molecule has 4 N–H and O–H groups in total. The van der Waals surface area contributed by atoms with Gasteiger partial charge < -0.3 is 15.6 Å². The van der Waals surface area contributed by atoms with E-state index in [1.165, 1.54) is 16.7 Å². The maximum absolute atomic E-state index is 15.1. The highest BCUT2D eigenvalue weighted by atomic mass is 35.5. The van der Waals surface area contributed by atoms with Gasteiger partial charge in [-0.1, -0.05) is 12.1 Å². The highest BCUT2D eigenvalue weighted by molar-refractivity contribution is 7.89. The summed E-state index contributed by atoms with van der Waals surface area (Å²) in [7, 11) is -3.85. The highest BCUT2D eigenvalue weighted by Gasteiger charge is 2.23. The van der Waals surface area contributed by atoms with E-state index < -0.39 is 21.5 Å². The SMILES string of the molecule is O=c1nc2[nH]c(-c3ccc(S(=O)(=O)NC4CCNCC4)cc3F)cc2cn1-c1ccc(CNCCCCl)cc1. The second-order valence-electron chi connectivity index (χ2n) is 9.55. The van der Waals surface area contributed by atoms with Crippen LogP contribution in [0.3, 0.4) is 0 Å². The fourth-order valence-electron chi connectivity index (χ4n) is 4.63. The van der Waals surface area contributed by atoms with E-state index in [-0.39, 0.29) is 16.5 Å². The first-order valence-electron chi connectivity index (χ1n) is 12.9. The molecule has 206 valence electrons. The molecule has 0 spiro atoms. The molecule has 9 nitrogen and oxygen atoms in total. The normalized spacial score (nSPS) is 14.7. The van der Waals surface area contributed by atoms with Crippen molar-refractivity contribution < 1.29 is 12.8 Å².